The lowest BCUT2D eigenvalue weighted by Crippen LogP contribution is -2.48. The van der Waals surface area contributed by atoms with Gasteiger partial charge in [0.25, 0.3) is 5.91 Å². The Morgan fingerprint density at radius 2 is 2.18 bits per heavy atom. The molecule has 0 aromatic carbocycles. The van der Waals surface area contributed by atoms with Crippen molar-refractivity contribution in [2.75, 3.05) is 13.1 Å². The second kappa shape index (κ2) is 4.18. The lowest BCUT2D eigenvalue weighted by molar-refractivity contribution is -0.0110. The minimum absolute atomic E-state index is 0.0144. The molecule has 1 fully saturated rings. The van der Waals surface area contributed by atoms with Crippen molar-refractivity contribution in [2.24, 2.45) is 7.05 Å². The number of carbonyl (C=O) groups is 1. The summed E-state index contributed by atoms with van der Waals surface area (Å²) in [6.45, 7) is 4.93. The quantitative estimate of drug-likeness (QED) is 0.799. The Bertz CT molecular complexity index is 435. The van der Waals surface area contributed by atoms with Crippen molar-refractivity contribution in [3.63, 3.8) is 0 Å². The summed E-state index contributed by atoms with van der Waals surface area (Å²) in [4.78, 5) is 14.1. The Hall–Kier alpha value is -1.29. The van der Waals surface area contributed by atoms with E-state index in [2.05, 4.69) is 0 Å². The first-order chi connectivity index (χ1) is 7.91. The molecule has 1 atom stereocenters. The van der Waals surface area contributed by atoms with Gasteiger partial charge in [0.15, 0.2) is 0 Å². The predicted molar refractivity (Wildman–Crippen MR) is 65.9 cm³/mol. The maximum atomic E-state index is 12.3. The van der Waals surface area contributed by atoms with Gasteiger partial charge in [0.05, 0.1) is 5.60 Å². The van der Waals surface area contributed by atoms with E-state index in [0.29, 0.717) is 12.2 Å². The maximum absolute atomic E-state index is 12.3. The third-order valence-electron chi connectivity index (χ3n) is 3.55. The number of aromatic nitrogens is 1. The van der Waals surface area contributed by atoms with E-state index in [4.69, 9.17) is 0 Å². The van der Waals surface area contributed by atoms with Crippen molar-refractivity contribution in [1.82, 2.24) is 9.47 Å². The van der Waals surface area contributed by atoms with Gasteiger partial charge in [0, 0.05) is 25.8 Å². The van der Waals surface area contributed by atoms with Gasteiger partial charge < -0.3 is 14.6 Å². The summed E-state index contributed by atoms with van der Waals surface area (Å²) < 4.78 is 1.89. The van der Waals surface area contributed by atoms with E-state index in [9.17, 15) is 9.90 Å². The summed E-state index contributed by atoms with van der Waals surface area (Å²) in [7, 11) is 1.89. The van der Waals surface area contributed by atoms with Gasteiger partial charge >= 0.3 is 0 Å². The average molecular weight is 236 g/mol. The fourth-order valence-electron chi connectivity index (χ4n) is 2.38. The molecular formula is C13H20N2O2. The zero-order valence-corrected chi connectivity index (χ0v) is 10.7. The van der Waals surface area contributed by atoms with Crippen LogP contribution in [0.3, 0.4) is 0 Å². The topological polar surface area (TPSA) is 45.5 Å². The van der Waals surface area contributed by atoms with Crippen LogP contribution in [0.25, 0.3) is 0 Å². The monoisotopic (exact) mass is 236 g/mol. The summed E-state index contributed by atoms with van der Waals surface area (Å²) in [6.07, 6.45) is 1.63. The molecular weight excluding hydrogens is 216 g/mol. The van der Waals surface area contributed by atoms with Crippen LogP contribution in [0.4, 0.5) is 0 Å². The zero-order chi connectivity index (χ0) is 12.6. The van der Waals surface area contributed by atoms with Gasteiger partial charge in [-0.3, -0.25) is 4.79 Å². The number of β-amino-alcohol motifs (C(OH)–C–C–N with tert-alkyl or cyclic N) is 1. The Labute approximate surface area is 102 Å². The second-order valence-corrected chi connectivity index (χ2v) is 5.25. The fraction of sp³-hybridized carbons (Fsp3) is 0.615. The fourth-order valence-corrected chi connectivity index (χ4v) is 2.38. The Morgan fingerprint density at radius 3 is 2.71 bits per heavy atom. The van der Waals surface area contributed by atoms with E-state index in [0.717, 1.165) is 25.1 Å². The van der Waals surface area contributed by atoms with Gasteiger partial charge in [0.2, 0.25) is 0 Å². The van der Waals surface area contributed by atoms with Crippen molar-refractivity contribution < 1.29 is 9.90 Å². The molecule has 4 heteroatoms. The summed E-state index contributed by atoms with van der Waals surface area (Å²) in [6, 6.07) is 3.79. The number of carbonyl (C=O) groups excluding carboxylic acids is 1. The molecule has 1 saturated heterocycles. The van der Waals surface area contributed by atoms with Crippen molar-refractivity contribution in [1.29, 1.82) is 0 Å². The number of rotatable bonds is 1. The van der Waals surface area contributed by atoms with Crippen LogP contribution in [-0.4, -0.2) is 39.2 Å². The van der Waals surface area contributed by atoms with Crippen LogP contribution < -0.4 is 0 Å². The van der Waals surface area contributed by atoms with E-state index < -0.39 is 5.60 Å². The normalized spacial score (nSPS) is 25.1. The van der Waals surface area contributed by atoms with Crippen LogP contribution in [0.5, 0.6) is 0 Å². The third kappa shape index (κ3) is 2.36. The lowest BCUT2D eigenvalue weighted by Gasteiger charge is -2.36. The van der Waals surface area contributed by atoms with E-state index in [-0.39, 0.29) is 5.91 Å². The molecule has 0 aliphatic carbocycles. The number of amides is 1. The zero-order valence-electron chi connectivity index (χ0n) is 10.7. The van der Waals surface area contributed by atoms with E-state index >= 15 is 0 Å². The number of aryl methyl sites for hydroxylation is 1. The SMILES string of the molecule is Cc1ccc(C(=O)N2CCCC(C)(O)C2)n1C. The van der Waals surface area contributed by atoms with Crippen LogP contribution in [0, 0.1) is 6.92 Å². The molecule has 0 saturated carbocycles. The number of hydrogen-bond donors (Lipinski definition) is 1. The highest BCUT2D eigenvalue weighted by Gasteiger charge is 2.32. The van der Waals surface area contributed by atoms with Crippen LogP contribution in [-0.2, 0) is 7.05 Å². The van der Waals surface area contributed by atoms with Crippen molar-refractivity contribution in [2.45, 2.75) is 32.3 Å². The highest BCUT2D eigenvalue weighted by molar-refractivity contribution is 5.93. The minimum atomic E-state index is -0.742. The Morgan fingerprint density at radius 1 is 1.47 bits per heavy atom. The number of nitrogens with zero attached hydrogens (tertiary/aromatic N) is 2. The molecule has 0 spiro atoms. The molecule has 17 heavy (non-hydrogen) atoms. The number of likely N-dealkylation sites (tertiary alicyclic amines) is 1. The molecule has 1 aliphatic rings. The van der Waals surface area contributed by atoms with E-state index in [1.807, 2.05) is 30.7 Å². The largest absolute Gasteiger partial charge is 0.388 e. The van der Waals surface area contributed by atoms with Gasteiger partial charge in [-0.05, 0) is 38.8 Å². The molecule has 1 N–H and O–H groups in total. The molecule has 0 bridgehead atoms. The predicted octanol–water partition coefficient (Wildman–Crippen LogP) is 1.32. The van der Waals surface area contributed by atoms with Crippen molar-refractivity contribution in [3.8, 4) is 0 Å². The van der Waals surface area contributed by atoms with Gasteiger partial charge in [-0.1, -0.05) is 0 Å². The first-order valence-corrected chi connectivity index (χ1v) is 6.05. The summed E-state index contributed by atoms with van der Waals surface area (Å²) in [5.74, 6) is 0.0144. The summed E-state index contributed by atoms with van der Waals surface area (Å²) >= 11 is 0. The van der Waals surface area contributed by atoms with Crippen LogP contribution in [0.15, 0.2) is 12.1 Å². The molecule has 1 unspecified atom stereocenters. The highest BCUT2D eigenvalue weighted by Crippen LogP contribution is 2.22. The van der Waals surface area contributed by atoms with Gasteiger partial charge in [-0.2, -0.15) is 0 Å². The molecule has 1 aromatic heterocycles. The number of hydrogen-bond acceptors (Lipinski definition) is 2. The van der Waals surface area contributed by atoms with Gasteiger partial charge in [0.1, 0.15) is 5.69 Å². The number of aliphatic hydroxyl groups is 1. The minimum Gasteiger partial charge on any atom is -0.388 e. The lowest BCUT2D eigenvalue weighted by atomic mass is 9.95. The molecule has 1 amide bonds. The molecule has 1 aromatic rings. The Kier molecular flexibility index (Phi) is 3.00. The first-order valence-electron chi connectivity index (χ1n) is 6.05. The standard InChI is InChI=1S/C13H20N2O2/c1-10-5-6-11(14(10)3)12(16)15-8-4-7-13(2,17)9-15/h5-6,17H,4,7-9H2,1-3H3. The third-order valence-corrected chi connectivity index (χ3v) is 3.55. The molecule has 4 nitrogen and oxygen atoms in total. The molecule has 94 valence electrons. The Balaban J connectivity index is 2.18. The van der Waals surface area contributed by atoms with Crippen LogP contribution in [0.1, 0.15) is 35.9 Å². The van der Waals surface area contributed by atoms with E-state index in [1.54, 1.807) is 11.8 Å². The summed E-state index contributed by atoms with van der Waals surface area (Å²) in [5, 5.41) is 10.0. The highest BCUT2D eigenvalue weighted by atomic mass is 16.3. The molecule has 1 aliphatic heterocycles. The molecule has 2 heterocycles. The smallest absolute Gasteiger partial charge is 0.270 e. The number of piperidine rings is 1. The van der Waals surface area contributed by atoms with Crippen molar-refractivity contribution >= 4 is 5.91 Å². The van der Waals surface area contributed by atoms with Crippen molar-refractivity contribution in [3.05, 3.63) is 23.5 Å². The van der Waals surface area contributed by atoms with Gasteiger partial charge in [-0.15, -0.1) is 0 Å². The van der Waals surface area contributed by atoms with Crippen LogP contribution >= 0.6 is 0 Å². The first kappa shape index (κ1) is 12.2. The van der Waals surface area contributed by atoms with E-state index in [1.165, 1.54) is 0 Å². The summed E-state index contributed by atoms with van der Waals surface area (Å²) in [5.41, 5.74) is 1.02. The maximum Gasteiger partial charge on any atom is 0.270 e. The second-order valence-electron chi connectivity index (χ2n) is 5.25. The molecule has 0 radical (unpaired) electrons. The molecule has 2 rings (SSSR count). The average Bonchev–Trinajstić information content (AvgIpc) is 2.57. The van der Waals surface area contributed by atoms with Gasteiger partial charge in [-0.25, -0.2) is 0 Å². The van der Waals surface area contributed by atoms with Crippen LogP contribution in [0.2, 0.25) is 0 Å².